The van der Waals surface area contributed by atoms with Gasteiger partial charge in [-0.15, -0.1) is 0 Å². The molecular formula is C18H20N2O4S. The number of nitrogens with one attached hydrogen (secondary N) is 2. The van der Waals surface area contributed by atoms with E-state index in [0.717, 1.165) is 11.3 Å². The minimum atomic E-state index is -3.52. The number of rotatable bonds is 5. The summed E-state index contributed by atoms with van der Waals surface area (Å²) in [6.07, 6.45) is 0.690. The number of fused-ring (bicyclic) bond motifs is 1. The zero-order valence-corrected chi connectivity index (χ0v) is 14.7. The molecule has 1 heterocycles. The SMILES string of the molecule is CCNS(=O)(=O)c1ccc(C(=O)NC2CCOc3ccccc32)cc1. The molecule has 132 valence electrons. The van der Waals surface area contributed by atoms with E-state index in [-0.39, 0.29) is 16.8 Å². The zero-order valence-electron chi connectivity index (χ0n) is 13.9. The quantitative estimate of drug-likeness (QED) is 0.856. The lowest BCUT2D eigenvalue weighted by atomic mass is 10.00. The normalized spacial score (nSPS) is 16.6. The predicted molar refractivity (Wildman–Crippen MR) is 94.1 cm³/mol. The van der Waals surface area contributed by atoms with Gasteiger partial charge in [0, 0.05) is 24.1 Å². The highest BCUT2D eigenvalue weighted by molar-refractivity contribution is 7.89. The molecule has 1 unspecified atom stereocenters. The fraction of sp³-hybridized carbons (Fsp3) is 0.278. The van der Waals surface area contributed by atoms with Crippen molar-refractivity contribution in [1.82, 2.24) is 10.0 Å². The van der Waals surface area contributed by atoms with Crippen LogP contribution in [0.2, 0.25) is 0 Å². The third-order valence-corrected chi connectivity index (χ3v) is 5.59. The molecule has 7 heteroatoms. The fourth-order valence-electron chi connectivity index (χ4n) is 2.79. The van der Waals surface area contributed by atoms with Gasteiger partial charge in [-0.05, 0) is 30.3 Å². The van der Waals surface area contributed by atoms with Crippen molar-refractivity contribution in [3.63, 3.8) is 0 Å². The number of amides is 1. The van der Waals surface area contributed by atoms with E-state index in [9.17, 15) is 13.2 Å². The number of carbonyl (C=O) groups excluding carboxylic acids is 1. The summed E-state index contributed by atoms with van der Waals surface area (Å²) in [5.74, 6) is 0.542. The Kier molecular flexibility index (Phi) is 5.06. The molecule has 0 aromatic heterocycles. The summed E-state index contributed by atoms with van der Waals surface area (Å²) in [5.41, 5.74) is 1.37. The van der Waals surface area contributed by atoms with Crippen molar-refractivity contribution in [3.05, 3.63) is 59.7 Å². The highest BCUT2D eigenvalue weighted by atomic mass is 32.2. The van der Waals surface area contributed by atoms with Crippen molar-refractivity contribution in [2.75, 3.05) is 13.2 Å². The van der Waals surface area contributed by atoms with Crippen LogP contribution in [0.4, 0.5) is 0 Å². The van der Waals surface area contributed by atoms with Crippen molar-refractivity contribution in [2.24, 2.45) is 0 Å². The van der Waals surface area contributed by atoms with E-state index in [1.165, 1.54) is 24.3 Å². The Labute approximate surface area is 147 Å². The van der Waals surface area contributed by atoms with Gasteiger partial charge in [-0.3, -0.25) is 4.79 Å². The highest BCUT2D eigenvalue weighted by Gasteiger charge is 2.23. The van der Waals surface area contributed by atoms with Crippen LogP contribution in [0.25, 0.3) is 0 Å². The Balaban J connectivity index is 1.75. The summed E-state index contributed by atoms with van der Waals surface area (Å²) in [7, 11) is -3.52. The van der Waals surface area contributed by atoms with Crippen molar-refractivity contribution >= 4 is 15.9 Å². The Morgan fingerprint density at radius 3 is 2.60 bits per heavy atom. The summed E-state index contributed by atoms with van der Waals surface area (Å²) in [4.78, 5) is 12.6. The van der Waals surface area contributed by atoms with Crippen LogP contribution in [0.15, 0.2) is 53.4 Å². The number of ether oxygens (including phenoxy) is 1. The van der Waals surface area contributed by atoms with Gasteiger partial charge in [-0.1, -0.05) is 25.1 Å². The largest absolute Gasteiger partial charge is 0.493 e. The van der Waals surface area contributed by atoms with Gasteiger partial charge >= 0.3 is 0 Å². The molecule has 1 amide bonds. The Morgan fingerprint density at radius 1 is 1.16 bits per heavy atom. The van der Waals surface area contributed by atoms with E-state index < -0.39 is 10.0 Å². The van der Waals surface area contributed by atoms with Gasteiger partial charge < -0.3 is 10.1 Å². The van der Waals surface area contributed by atoms with Gasteiger partial charge in [-0.2, -0.15) is 0 Å². The molecule has 6 nitrogen and oxygen atoms in total. The van der Waals surface area contributed by atoms with Gasteiger partial charge in [0.25, 0.3) is 5.91 Å². The Hall–Kier alpha value is -2.38. The second-order valence-corrected chi connectivity index (χ2v) is 7.49. The van der Waals surface area contributed by atoms with Crippen LogP contribution in [0, 0.1) is 0 Å². The number of sulfonamides is 1. The van der Waals surface area contributed by atoms with E-state index in [1.54, 1.807) is 6.92 Å². The van der Waals surface area contributed by atoms with Gasteiger partial charge in [0.2, 0.25) is 10.0 Å². The lowest BCUT2D eigenvalue weighted by Crippen LogP contribution is -2.32. The lowest BCUT2D eigenvalue weighted by molar-refractivity contribution is 0.0924. The molecule has 2 aromatic carbocycles. The third-order valence-electron chi connectivity index (χ3n) is 4.03. The second kappa shape index (κ2) is 7.25. The average molecular weight is 360 g/mol. The molecule has 0 saturated heterocycles. The molecule has 1 aliphatic heterocycles. The van der Waals surface area contributed by atoms with Gasteiger partial charge in [0.15, 0.2) is 0 Å². The molecule has 25 heavy (non-hydrogen) atoms. The molecule has 0 fully saturated rings. The molecule has 0 radical (unpaired) electrons. The molecule has 0 bridgehead atoms. The average Bonchev–Trinajstić information content (AvgIpc) is 2.62. The smallest absolute Gasteiger partial charge is 0.251 e. The highest BCUT2D eigenvalue weighted by Crippen LogP contribution is 2.31. The Morgan fingerprint density at radius 2 is 1.88 bits per heavy atom. The molecule has 2 aromatic rings. The minimum absolute atomic E-state index is 0.123. The number of carbonyl (C=O) groups is 1. The lowest BCUT2D eigenvalue weighted by Gasteiger charge is -2.26. The second-order valence-electron chi connectivity index (χ2n) is 5.73. The first-order chi connectivity index (χ1) is 12.0. The van der Waals surface area contributed by atoms with E-state index in [1.807, 2.05) is 24.3 Å². The first-order valence-electron chi connectivity index (χ1n) is 8.13. The van der Waals surface area contributed by atoms with Crippen molar-refractivity contribution < 1.29 is 17.9 Å². The maximum Gasteiger partial charge on any atom is 0.251 e. The first kappa shape index (κ1) is 17.4. The number of para-hydroxylation sites is 1. The monoisotopic (exact) mass is 360 g/mol. The van der Waals surface area contributed by atoms with Crippen molar-refractivity contribution in [3.8, 4) is 5.75 Å². The van der Waals surface area contributed by atoms with Crippen LogP contribution in [-0.2, 0) is 10.0 Å². The maximum absolute atomic E-state index is 12.5. The number of hydrogen-bond acceptors (Lipinski definition) is 4. The van der Waals surface area contributed by atoms with Crippen LogP contribution in [0.3, 0.4) is 0 Å². The van der Waals surface area contributed by atoms with E-state index in [2.05, 4.69) is 10.0 Å². The zero-order chi connectivity index (χ0) is 17.9. The fourth-order valence-corrected chi connectivity index (χ4v) is 3.83. The summed E-state index contributed by atoms with van der Waals surface area (Å²) in [5, 5.41) is 2.99. The van der Waals surface area contributed by atoms with Gasteiger partial charge in [0.05, 0.1) is 17.5 Å². The van der Waals surface area contributed by atoms with Crippen LogP contribution in [-0.4, -0.2) is 27.5 Å². The topological polar surface area (TPSA) is 84.5 Å². The summed E-state index contributed by atoms with van der Waals surface area (Å²) in [6, 6.07) is 13.4. The molecule has 1 aliphatic rings. The van der Waals surface area contributed by atoms with Gasteiger partial charge in [-0.25, -0.2) is 13.1 Å². The van der Waals surface area contributed by atoms with Crippen LogP contribution < -0.4 is 14.8 Å². The van der Waals surface area contributed by atoms with E-state index in [4.69, 9.17) is 4.74 Å². The third kappa shape index (κ3) is 3.83. The minimum Gasteiger partial charge on any atom is -0.493 e. The summed E-state index contributed by atoms with van der Waals surface area (Å²) < 4.78 is 31.9. The number of hydrogen-bond donors (Lipinski definition) is 2. The first-order valence-corrected chi connectivity index (χ1v) is 9.62. The van der Waals surface area contributed by atoms with Gasteiger partial charge in [0.1, 0.15) is 5.75 Å². The molecule has 3 rings (SSSR count). The molecular weight excluding hydrogens is 340 g/mol. The van der Waals surface area contributed by atoms with E-state index in [0.29, 0.717) is 25.1 Å². The van der Waals surface area contributed by atoms with Crippen molar-refractivity contribution in [1.29, 1.82) is 0 Å². The van der Waals surface area contributed by atoms with Crippen molar-refractivity contribution in [2.45, 2.75) is 24.3 Å². The van der Waals surface area contributed by atoms with Crippen LogP contribution in [0.5, 0.6) is 5.75 Å². The predicted octanol–water partition coefficient (Wildman–Crippen LogP) is 2.24. The molecule has 0 saturated carbocycles. The van der Waals surface area contributed by atoms with E-state index >= 15 is 0 Å². The summed E-state index contributed by atoms with van der Waals surface area (Å²) >= 11 is 0. The summed E-state index contributed by atoms with van der Waals surface area (Å²) in [6.45, 7) is 2.57. The van der Waals surface area contributed by atoms with Crippen LogP contribution in [0.1, 0.15) is 35.3 Å². The van der Waals surface area contributed by atoms with Crippen LogP contribution >= 0.6 is 0 Å². The number of benzene rings is 2. The molecule has 0 spiro atoms. The maximum atomic E-state index is 12.5. The molecule has 1 atom stereocenters. The molecule has 0 aliphatic carbocycles. The standard InChI is InChI=1S/C18H20N2O4S/c1-2-19-25(22,23)14-9-7-13(8-10-14)18(21)20-16-11-12-24-17-6-4-3-5-15(16)17/h3-10,16,19H,2,11-12H2,1H3,(H,20,21). The molecule has 2 N–H and O–H groups in total. The Bertz CT molecular complexity index is 863.